The van der Waals surface area contributed by atoms with Gasteiger partial charge in [-0.25, -0.2) is 17.2 Å². The Morgan fingerprint density at radius 1 is 1.16 bits per heavy atom. The van der Waals surface area contributed by atoms with E-state index in [9.17, 15) is 17.2 Å². The molecule has 0 bridgehead atoms. The maximum atomic E-state index is 13.4. The zero-order valence-electron chi connectivity index (χ0n) is 9.68. The Labute approximate surface area is 108 Å². The van der Waals surface area contributed by atoms with E-state index in [0.717, 1.165) is 12.1 Å². The van der Waals surface area contributed by atoms with E-state index in [-0.39, 0.29) is 10.6 Å². The maximum absolute atomic E-state index is 13.4. The summed E-state index contributed by atoms with van der Waals surface area (Å²) in [7, 11) is -3.93. The molecule has 0 amide bonds. The molecule has 2 N–H and O–H groups in total. The number of halogens is 2. The number of rotatable bonds is 3. The summed E-state index contributed by atoms with van der Waals surface area (Å²) in [6.07, 6.45) is 2.42. The Hall–Kier alpha value is -2.02. The van der Waals surface area contributed by atoms with Crippen molar-refractivity contribution in [2.45, 2.75) is 10.6 Å². The highest BCUT2D eigenvalue weighted by Gasteiger charge is 2.22. The van der Waals surface area contributed by atoms with Gasteiger partial charge in [0.15, 0.2) is 9.84 Å². The van der Waals surface area contributed by atoms with Crippen molar-refractivity contribution in [2.24, 2.45) is 0 Å². The van der Waals surface area contributed by atoms with Crippen LogP contribution in [-0.4, -0.2) is 13.4 Å². The fourth-order valence-electron chi connectivity index (χ4n) is 1.62. The zero-order valence-corrected chi connectivity index (χ0v) is 10.5. The smallest absolute Gasteiger partial charge is 0.184 e. The fraction of sp³-hybridized carbons (Fsp3) is 0.0833. The molecule has 0 fully saturated rings. The van der Waals surface area contributed by atoms with E-state index in [4.69, 9.17) is 5.73 Å². The third-order valence-electron chi connectivity index (χ3n) is 2.54. The number of nitrogens with two attached hydrogens (primary N) is 1. The molecule has 0 atom stereocenters. The quantitative estimate of drug-likeness (QED) is 0.934. The number of sulfone groups is 1. The lowest BCUT2D eigenvalue weighted by atomic mass is 10.2. The molecule has 1 aromatic heterocycles. The van der Waals surface area contributed by atoms with Crippen LogP contribution in [0, 0.1) is 11.6 Å². The van der Waals surface area contributed by atoms with E-state index in [0.29, 0.717) is 0 Å². The van der Waals surface area contributed by atoms with E-state index in [1.807, 2.05) is 0 Å². The Morgan fingerprint density at radius 3 is 2.37 bits per heavy atom. The lowest BCUT2D eigenvalue weighted by Crippen LogP contribution is -2.10. The van der Waals surface area contributed by atoms with Crippen molar-refractivity contribution >= 4 is 15.5 Å². The SMILES string of the molecule is Nc1cnccc1S(=O)(=O)Cc1c(F)cccc1F. The number of aromatic nitrogens is 1. The third kappa shape index (κ3) is 2.70. The molecule has 100 valence electrons. The summed E-state index contributed by atoms with van der Waals surface area (Å²) >= 11 is 0. The van der Waals surface area contributed by atoms with Gasteiger partial charge in [-0.2, -0.15) is 0 Å². The standard InChI is InChI=1S/C12H10F2N2O2S/c13-9-2-1-3-10(14)8(9)7-19(17,18)12-4-5-16-6-11(12)15/h1-6H,7,15H2. The lowest BCUT2D eigenvalue weighted by Gasteiger charge is -2.08. The lowest BCUT2D eigenvalue weighted by molar-refractivity contribution is 0.556. The summed E-state index contributed by atoms with van der Waals surface area (Å²) in [4.78, 5) is 3.47. The predicted molar refractivity (Wildman–Crippen MR) is 65.9 cm³/mol. The Bertz CT molecular complexity index is 697. The van der Waals surface area contributed by atoms with Gasteiger partial charge in [-0.3, -0.25) is 4.98 Å². The normalized spacial score (nSPS) is 11.5. The summed E-state index contributed by atoms with van der Waals surface area (Å²) in [6, 6.07) is 4.37. The van der Waals surface area contributed by atoms with Gasteiger partial charge in [0, 0.05) is 11.8 Å². The number of nitrogen functional groups attached to an aromatic ring is 1. The maximum Gasteiger partial charge on any atom is 0.184 e. The predicted octanol–water partition coefficient (Wildman–Crippen LogP) is 1.92. The summed E-state index contributed by atoms with van der Waals surface area (Å²) in [6.45, 7) is 0. The second-order valence-corrected chi connectivity index (χ2v) is 5.83. The highest BCUT2D eigenvalue weighted by atomic mass is 32.2. The van der Waals surface area contributed by atoms with Gasteiger partial charge in [0.2, 0.25) is 0 Å². The van der Waals surface area contributed by atoms with Crippen molar-refractivity contribution in [3.63, 3.8) is 0 Å². The van der Waals surface area contributed by atoms with Crippen LogP contribution in [0.1, 0.15) is 5.56 Å². The molecule has 2 rings (SSSR count). The van der Waals surface area contributed by atoms with Crippen LogP contribution in [0.3, 0.4) is 0 Å². The molecule has 4 nitrogen and oxygen atoms in total. The number of nitrogens with zero attached hydrogens (tertiary/aromatic N) is 1. The first kappa shape index (κ1) is 13.4. The molecular weight excluding hydrogens is 274 g/mol. The van der Waals surface area contributed by atoms with E-state index >= 15 is 0 Å². The first-order valence-electron chi connectivity index (χ1n) is 5.27. The van der Waals surface area contributed by atoms with Gasteiger partial charge >= 0.3 is 0 Å². The van der Waals surface area contributed by atoms with Crippen LogP contribution >= 0.6 is 0 Å². The monoisotopic (exact) mass is 284 g/mol. The van der Waals surface area contributed by atoms with Crippen molar-refractivity contribution < 1.29 is 17.2 Å². The molecule has 0 aliphatic carbocycles. The molecule has 0 aliphatic rings. The number of hydrogen-bond donors (Lipinski definition) is 1. The van der Waals surface area contributed by atoms with Gasteiger partial charge in [-0.15, -0.1) is 0 Å². The van der Waals surface area contributed by atoms with Gasteiger partial charge < -0.3 is 5.73 Å². The van der Waals surface area contributed by atoms with Crippen LogP contribution in [0.5, 0.6) is 0 Å². The van der Waals surface area contributed by atoms with Gasteiger partial charge in [-0.05, 0) is 18.2 Å². The van der Waals surface area contributed by atoms with Crippen molar-refractivity contribution in [1.82, 2.24) is 4.98 Å². The molecule has 2 aromatic rings. The van der Waals surface area contributed by atoms with Crippen LogP contribution in [-0.2, 0) is 15.6 Å². The van der Waals surface area contributed by atoms with E-state index in [1.54, 1.807) is 0 Å². The average molecular weight is 284 g/mol. The molecule has 1 heterocycles. The minimum absolute atomic E-state index is 0.0563. The van der Waals surface area contributed by atoms with Crippen LogP contribution in [0.25, 0.3) is 0 Å². The minimum Gasteiger partial charge on any atom is -0.396 e. The van der Waals surface area contributed by atoms with Gasteiger partial charge in [0.25, 0.3) is 0 Å². The Morgan fingerprint density at radius 2 is 1.79 bits per heavy atom. The van der Waals surface area contributed by atoms with E-state index < -0.39 is 32.8 Å². The number of pyridine rings is 1. The van der Waals surface area contributed by atoms with E-state index in [1.165, 1.54) is 24.5 Å². The average Bonchev–Trinajstić information content (AvgIpc) is 2.34. The first-order chi connectivity index (χ1) is 8.92. The van der Waals surface area contributed by atoms with Crippen molar-refractivity contribution in [1.29, 1.82) is 0 Å². The highest BCUT2D eigenvalue weighted by molar-refractivity contribution is 7.90. The van der Waals surface area contributed by atoms with Crippen LogP contribution in [0.2, 0.25) is 0 Å². The molecule has 0 saturated carbocycles. The Balaban J connectivity index is 2.46. The summed E-state index contributed by atoms with van der Waals surface area (Å²) in [5.74, 6) is -2.60. The molecule has 0 aliphatic heterocycles. The molecule has 0 radical (unpaired) electrons. The topological polar surface area (TPSA) is 73.0 Å². The summed E-state index contributed by atoms with van der Waals surface area (Å²) in [5.41, 5.74) is 4.95. The molecule has 1 aromatic carbocycles. The Kier molecular flexibility index (Phi) is 3.48. The molecule has 7 heteroatoms. The highest BCUT2D eigenvalue weighted by Crippen LogP contribution is 2.23. The largest absolute Gasteiger partial charge is 0.396 e. The van der Waals surface area contributed by atoms with Crippen molar-refractivity contribution in [3.05, 3.63) is 53.9 Å². The molecule has 0 saturated heterocycles. The van der Waals surface area contributed by atoms with Crippen LogP contribution < -0.4 is 5.73 Å². The van der Waals surface area contributed by atoms with E-state index in [2.05, 4.69) is 4.98 Å². The summed E-state index contributed by atoms with van der Waals surface area (Å²) in [5, 5.41) is 0. The van der Waals surface area contributed by atoms with Crippen molar-refractivity contribution in [2.75, 3.05) is 5.73 Å². The summed E-state index contributed by atoms with van der Waals surface area (Å²) < 4.78 is 51.1. The molecule has 19 heavy (non-hydrogen) atoms. The number of anilines is 1. The molecule has 0 spiro atoms. The van der Waals surface area contributed by atoms with Crippen LogP contribution in [0.4, 0.5) is 14.5 Å². The number of hydrogen-bond acceptors (Lipinski definition) is 4. The second-order valence-electron chi connectivity index (χ2n) is 3.87. The number of benzene rings is 1. The first-order valence-corrected chi connectivity index (χ1v) is 6.92. The minimum atomic E-state index is -3.93. The van der Waals surface area contributed by atoms with Gasteiger partial charge in [0.1, 0.15) is 11.6 Å². The zero-order chi connectivity index (χ0) is 14.0. The third-order valence-corrected chi connectivity index (χ3v) is 4.25. The van der Waals surface area contributed by atoms with Gasteiger partial charge in [0.05, 0.1) is 22.5 Å². The second kappa shape index (κ2) is 4.93. The molecular formula is C12H10F2N2O2S. The molecule has 0 unspecified atom stereocenters. The fourth-order valence-corrected chi connectivity index (χ4v) is 3.11. The van der Waals surface area contributed by atoms with Crippen molar-refractivity contribution in [3.8, 4) is 0 Å². The van der Waals surface area contributed by atoms with Gasteiger partial charge in [-0.1, -0.05) is 6.07 Å². The van der Waals surface area contributed by atoms with Crippen LogP contribution in [0.15, 0.2) is 41.6 Å².